The molecule has 0 radical (unpaired) electrons. The smallest absolute Gasteiger partial charge is 0.227 e. The van der Waals surface area contributed by atoms with Gasteiger partial charge in [0.05, 0.1) is 0 Å². The minimum Gasteiger partial charge on any atom is -0.439 e. The van der Waals surface area contributed by atoms with Gasteiger partial charge in [0.25, 0.3) is 0 Å². The van der Waals surface area contributed by atoms with Crippen molar-refractivity contribution < 1.29 is 9.53 Å². The summed E-state index contributed by atoms with van der Waals surface area (Å²) in [5, 5.41) is 6.35. The minimum absolute atomic E-state index is 0. The van der Waals surface area contributed by atoms with Crippen LogP contribution in [0.4, 0.5) is 5.69 Å². The fraction of sp³-hybridized carbons (Fsp3) is 0.333. The van der Waals surface area contributed by atoms with Crippen molar-refractivity contribution in [3.63, 3.8) is 0 Å². The largest absolute Gasteiger partial charge is 0.439 e. The van der Waals surface area contributed by atoms with E-state index in [4.69, 9.17) is 4.74 Å². The van der Waals surface area contributed by atoms with Gasteiger partial charge in [-0.25, -0.2) is 4.98 Å². The number of halogens is 1. The van der Waals surface area contributed by atoms with Crippen LogP contribution in [0.5, 0.6) is 11.6 Å². The number of nitrogens with zero attached hydrogens (tertiary/aromatic N) is 1. The zero-order valence-corrected chi connectivity index (χ0v) is 14.4. The number of carbonyl (C=O) groups excluding carboxylic acids is 1. The first-order valence-corrected chi connectivity index (χ1v) is 7.94. The van der Waals surface area contributed by atoms with Crippen molar-refractivity contribution in [3.8, 4) is 11.6 Å². The lowest BCUT2D eigenvalue weighted by Crippen LogP contribution is -2.40. The Labute approximate surface area is 148 Å². The summed E-state index contributed by atoms with van der Waals surface area (Å²) < 4.78 is 5.69. The van der Waals surface area contributed by atoms with Crippen molar-refractivity contribution in [3.05, 3.63) is 48.7 Å². The summed E-state index contributed by atoms with van der Waals surface area (Å²) >= 11 is 0. The van der Waals surface area contributed by atoms with Crippen molar-refractivity contribution in [1.29, 1.82) is 0 Å². The Morgan fingerprint density at radius 3 is 2.92 bits per heavy atom. The number of ether oxygens (including phenoxy) is 1. The van der Waals surface area contributed by atoms with E-state index >= 15 is 0 Å². The third kappa shape index (κ3) is 4.94. The number of carbonyl (C=O) groups is 1. The molecule has 1 aliphatic rings. The molecule has 0 aliphatic carbocycles. The number of hydrogen-bond acceptors (Lipinski definition) is 4. The molecule has 0 unspecified atom stereocenters. The third-order valence-electron chi connectivity index (χ3n) is 3.96. The van der Waals surface area contributed by atoms with Gasteiger partial charge in [0.1, 0.15) is 5.75 Å². The molecule has 5 nitrogen and oxygen atoms in total. The average Bonchev–Trinajstić information content (AvgIpc) is 2.56. The normalized spacial score (nSPS) is 19.9. The third-order valence-corrected chi connectivity index (χ3v) is 3.96. The van der Waals surface area contributed by atoms with E-state index < -0.39 is 0 Å². The summed E-state index contributed by atoms with van der Waals surface area (Å²) in [6.07, 6.45) is 3.43. The van der Waals surface area contributed by atoms with E-state index in [1.807, 2.05) is 36.4 Å². The van der Waals surface area contributed by atoms with Crippen LogP contribution < -0.4 is 15.4 Å². The van der Waals surface area contributed by atoms with Gasteiger partial charge in [-0.3, -0.25) is 4.79 Å². The lowest BCUT2D eigenvalue weighted by atomic mass is 9.92. The van der Waals surface area contributed by atoms with Crippen LogP contribution in [-0.2, 0) is 4.79 Å². The lowest BCUT2D eigenvalue weighted by Gasteiger charge is -2.27. The Bertz CT molecular complexity index is 666. The highest BCUT2D eigenvalue weighted by Gasteiger charge is 2.24. The maximum atomic E-state index is 12.4. The van der Waals surface area contributed by atoms with Crippen LogP contribution in [-0.4, -0.2) is 23.5 Å². The predicted molar refractivity (Wildman–Crippen MR) is 96.8 cm³/mol. The first-order chi connectivity index (χ1) is 11.2. The quantitative estimate of drug-likeness (QED) is 0.886. The molecule has 1 aromatic carbocycles. The fourth-order valence-corrected chi connectivity index (χ4v) is 2.78. The van der Waals surface area contributed by atoms with Gasteiger partial charge < -0.3 is 15.4 Å². The van der Waals surface area contributed by atoms with E-state index in [0.717, 1.165) is 25.1 Å². The molecule has 0 bridgehead atoms. The van der Waals surface area contributed by atoms with E-state index in [2.05, 4.69) is 22.5 Å². The highest BCUT2D eigenvalue weighted by molar-refractivity contribution is 5.92. The van der Waals surface area contributed by atoms with Crippen molar-refractivity contribution >= 4 is 24.0 Å². The van der Waals surface area contributed by atoms with E-state index in [1.165, 1.54) is 0 Å². The van der Waals surface area contributed by atoms with Gasteiger partial charge in [0, 0.05) is 36.0 Å². The number of amides is 1. The summed E-state index contributed by atoms with van der Waals surface area (Å²) in [7, 11) is 0. The molecule has 0 spiro atoms. The molecule has 1 amide bonds. The molecule has 2 aromatic rings. The Morgan fingerprint density at radius 1 is 1.29 bits per heavy atom. The maximum Gasteiger partial charge on any atom is 0.227 e. The van der Waals surface area contributed by atoms with Gasteiger partial charge in [-0.05, 0) is 44.5 Å². The number of benzene rings is 1. The van der Waals surface area contributed by atoms with Crippen molar-refractivity contribution in [2.24, 2.45) is 5.92 Å². The molecule has 3 rings (SSSR count). The Hall–Kier alpha value is -2.11. The van der Waals surface area contributed by atoms with Gasteiger partial charge in [0.15, 0.2) is 0 Å². The van der Waals surface area contributed by atoms with Gasteiger partial charge in [-0.1, -0.05) is 12.1 Å². The van der Waals surface area contributed by atoms with Crippen molar-refractivity contribution in [2.75, 3.05) is 11.9 Å². The first-order valence-electron chi connectivity index (χ1n) is 7.94. The van der Waals surface area contributed by atoms with Crippen LogP contribution >= 0.6 is 12.4 Å². The lowest BCUT2D eigenvalue weighted by molar-refractivity contribution is -0.120. The van der Waals surface area contributed by atoms with Crippen LogP contribution in [0, 0.1) is 5.92 Å². The van der Waals surface area contributed by atoms with E-state index in [0.29, 0.717) is 17.7 Å². The van der Waals surface area contributed by atoms with Gasteiger partial charge in [-0.2, -0.15) is 0 Å². The number of rotatable bonds is 4. The zero-order chi connectivity index (χ0) is 16.1. The van der Waals surface area contributed by atoms with Crippen molar-refractivity contribution in [2.45, 2.75) is 25.8 Å². The highest BCUT2D eigenvalue weighted by atomic mass is 35.5. The molecular formula is C18H22ClN3O2. The zero-order valence-electron chi connectivity index (χ0n) is 13.6. The molecule has 0 saturated carbocycles. The highest BCUT2D eigenvalue weighted by Crippen LogP contribution is 2.24. The molecule has 1 aliphatic heterocycles. The summed E-state index contributed by atoms with van der Waals surface area (Å²) in [5.41, 5.74) is 0.745. The van der Waals surface area contributed by atoms with E-state index in [9.17, 15) is 4.79 Å². The Morgan fingerprint density at radius 2 is 2.17 bits per heavy atom. The molecule has 2 N–H and O–H groups in total. The first kappa shape index (κ1) is 18.2. The molecule has 1 aromatic heterocycles. The molecule has 2 atom stereocenters. The number of nitrogens with one attached hydrogen (secondary N) is 2. The second-order valence-corrected chi connectivity index (χ2v) is 5.86. The number of piperidine rings is 1. The molecule has 24 heavy (non-hydrogen) atoms. The van der Waals surface area contributed by atoms with Crippen LogP contribution in [0.3, 0.4) is 0 Å². The van der Waals surface area contributed by atoms with E-state index in [-0.39, 0.29) is 24.2 Å². The summed E-state index contributed by atoms with van der Waals surface area (Å²) in [4.78, 5) is 16.5. The average molecular weight is 348 g/mol. The standard InChI is InChI=1S/C18H21N3O2.ClH/c1-13-11-14(8-10-19-13)18(22)21-15-5-4-6-16(12-15)23-17-7-2-3-9-20-17;/h2-7,9,12-14,19H,8,10-11H2,1H3,(H,21,22);1H/t13-,14-;/m0./s1. The van der Waals surface area contributed by atoms with Gasteiger partial charge >= 0.3 is 0 Å². The molecule has 2 heterocycles. The second kappa shape index (κ2) is 8.66. The van der Waals surface area contributed by atoms with Gasteiger partial charge in [-0.15, -0.1) is 12.4 Å². The summed E-state index contributed by atoms with van der Waals surface area (Å²) in [6, 6.07) is 13.3. The SMILES string of the molecule is C[C@H]1C[C@@H](C(=O)Nc2cccc(Oc3ccccn3)c2)CCN1.Cl. The van der Waals surface area contributed by atoms with Crippen LogP contribution in [0.25, 0.3) is 0 Å². The molecule has 128 valence electrons. The molecular weight excluding hydrogens is 326 g/mol. The number of anilines is 1. The maximum absolute atomic E-state index is 12.4. The van der Waals surface area contributed by atoms with Crippen molar-refractivity contribution in [1.82, 2.24) is 10.3 Å². The fourth-order valence-electron chi connectivity index (χ4n) is 2.78. The molecule has 1 fully saturated rings. The number of hydrogen-bond donors (Lipinski definition) is 2. The van der Waals surface area contributed by atoms with Crippen LogP contribution in [0.1, 0.15) is 19.8 Å². The second-order valence-electron chi connectivity index (χ2n) is 5.86. The predicted octanol–water partition coefficient (Wildman–Crippen LogP) is 3.62. The van der Waals surface area contributed by atoms with Crippen LogP contribution in [0.2, 0.25) is 0 Å². The van der Waals surface area contributed by atoms with Gasteiger partial charge in [0.2, 0.25) is 11.8 Å². The monoisotopic (exact) mass is 347 g/mol. The van der Waals surface area contributed by atoms with Crippen LogP contribution in [0.15, 0.2) is 48.7 Å². The molecule has 6 heteroatoms. The summed E-state index contributed by atoms with van der Waals surface area (Å²) in [6.45, 7) is 3.00. The Kier molecular flexibility index (Phi) is 6.58. The molecule has 1 saturated heterocycles. The summed E-state index contributed by atoms with van der Waals surface area (Å²) in [5.74, 6) is 1.32. The minimum atomic E-state index is 0. The topological polar surface area (TPSA) is 63.2 Å². The number of aromatic nitrogens is 1. The number of pyridine rings is 1. The Balaban J connectivity index is 0.00000208. The van der Waals surface area contributed by atoms with E-state index in [1.54, 1.807) is 12.3 Å².